The van der Waals surface area contributed by atoms with Crippen LogP contribution < -0.4 is 15.4 Å². The van der Waals surface area contributed by atoms with Gasteiger partial charge in [0.25, 0.3) is 5.91 Å². The molecule has 1 aliphatic heterocycles. The molecule has 2 aliphatic rings. The van der Waals surface area contributed by atoms with Crippen molar-refractivity contribution in [2.45, 2.75) is 51.6 Å². The van der Waals surface area contributed by atoms with Gasteiger partial charge in [0.05, 0.1) is 0 Å². The van der Waals surface area contributed by atoms with Crippen LogP contribution >= 0.6 is 0 Å². The molecular formula is C20H24F3N3O4. The number of ether oxygens (including phenoxy) is 1. The van der Waals surface area contributed by atoms with Crippen LogP contribution in [0.15, 0.2) is 24.3 Å². The zero-order valence-corrected chi connectivity index (χ0v) is 16.7. The summed E-state index contributed by atoms with van der Waals surface area (Å²) in [6.07, 6.45) is -2.30. The zero-order valence-electron chi connectivity index (χ0n) is 16.7. The first kappa shape index (κ1) is 21.9. The van der Waals surface area contributed by atoms with Crippen molar-refractivity contribution in [1.82, 2.24) is 15.5 Å². The number of nitrogens with one attached hydrogen (secondary N) is 2. The Balaban J connectivity index is 1.65. The smallest absolute Gasteiger partial charge is 0.405 e. The molecule has 1 saturated carbocycles. The number of benzene rings is 1. The van der Waals surface area contributed by atoms with Gasteiger partial charge in [-0.1, -0.05) is 38.5 Å². The van der Waals surface area contributed by atoms with Gasteiger partial charge in [0.15, 0.2) is 0 Å². The first-order valence-corrected chi connectivity index (χ1v) is 9.79. The third kappa shape index (κ3) is 4.22. The standard InChI is InChI=1S/C20H24F3N3O4/c1-12-6-5-7-13(2)19(12)17(28)26(18(29)25-19)11-16(27)24-10-14-8-3-4-9-15(14)30-20(21,22)23/h3-4,8-9,12-13H,5-7,10-11H2,1-2H3,(H,24,27)(H,25,29)/t12-,13-/m0/s1. The van der Waals surface area contributed by atoms with E-state index in [1.165, 1.54) is 18.2 Å². The number of rotatable bonds is 5. The number of amides is 4. The highest BCUT2D eigenvalue weighted by Crippen LogP contribution is 2.42. The molecule has 2 N–H and O–H groups in total. The van der Waals surface area contributed by atoms with Crippen LogP contribution in [-0.2, 0) is 16.1 Å². The van der Waals surface area contributed by atoms with Crippen molar-refractivity contribution in [3.63, 3.8) is 0 Å². The number of para-hydroxylation sites is 1. The molecule has 1 spiro atoms. The van der Waals surface area contributed by atoms with Crippen molar-refractivity contribution in [1.29, 1.82) is 0 Å². The molecule has 164 valence electrons. The Kier molecular flexibility index (Phi) is 5.96. The monoisotopic (exact) mass is 427 g/mol. The largest absolute Gasteiger partial charge is 0.573 e. The minimum Gasteiger partial charge on any atom is -0.405 e. The van der Waals surface area contributed by atoms with Crippen LogP contribution in [-0.4, -0.2) is 41.2 Å². The van der Waals surface area contributed by atoms with E-state index in [9.17, 15) is 27.6 Å². The van der Waals surface area contributed by atoms with Gasteiger partial charge < -0.3 is 15.4 Å². The third-order valence-electron chi connectivity index (χ3n) is 5.96. The van der Waals surface area contributed by atoms with Crippen LogP contribution in [0.4, 0.5) is 18.0 Å². The summed E-state index contributed by atoms with van der Waals surface area (Å²) in [5.41, 5.74) is -0.894. The van der Waals surface area contributed by atoms with Gasteiger partial charge in [-0.3, -0.25) is 14.5 Å². The molecule has 3 rings (SSSR count). The Labute approximate surface area is 171 Å². The summed E-state index contributed by atoms with van der Waals surface area (Å²) < 4.78 is 41.5. The maximum absolute atomic E-state index is 13.1. The van der Waals surface area contributed by atoms with Gasteiger partial charge in [-0.2, -0.15) is 0 Å². The molecule has 0 aromatic heterocycles. The number of nitrogens with zero attached hydrogens (tertiary/aromatic N) is 1. The number of urea groups is 1. The van der Waals surface area contributed by atoms with Crippen LogP contribution in [0.1, 0.15) is 38.7 Å². The lowest BCUT2D eigenvalue weighted by Crippen LogP contribution is -2.59. The molecule has 30 heavy (non-hydrogen) atoms. The van der Waals surface area contributed by atoms with Gasteiger partial charge in [-0.25, -0.2) is 4.79 Å². The van der Waals surface area contributed by atoms with E-state index < -0.39 is 42.0 Å². The van der Waals surface area contributed by atoms with Crippen LogP contribution in [0.2, 0.25) is 0 Å². The van der Waals surface area contributed by atoms with Gasteiger partial charge in [0.1, 0.15) is 17.8 Å². The minimum absolute atomic E-state index is 0.0582. The summed E-state index contributed by atoms with van der Waals surface area (Å²) in [6, 6.07) is 4.79. The number of imide groups is 1. The van der Waals surface area contributed by atoms with E-state index in [4.69, 9.17) is 0 Å². The molecule has 1 heterocycles. The number of hydrogen-bond acceptors (Lipinski definition) is 4. The topological polar surface area (TPSA) is 87.7 Å². The Hall–Kier alpha value is -2.78. The molecule has 0 bridgehead atoms. The summed E-state index contributed by atoms with van der Waals surface area (Å²) in [5, 5.41) is 5.24. The Morgan fingerprint density at radius 3 is 2.50 bits per heavy atom. The van der Waals surface area contributed by atoms with E-state index >= 15 is 0 Å². The Bertz CT molecular complexity index is 833. The molecule has 10 heteroatoms. The van der Waals surface area contributed by atoms with Crippen LogP contribution in [0.25, 0.3) is 0 Å². The van der Waals surface area contributed by atoms with Gasteiger partial charge in [-0.05, 0) is 30.7 Å². The second kappa shape index (κ2) is 8.16. The average molecular weight is 427 g/mol. The highest BCUT2D eigenvalue weighted by Gasteiger charge is 2.58. The summed E-state index contributed by atoms with van der Waals surface area (Å²) in [7, 11) is 0. The maximum atomic E-state index is 13.1. The third-order valence-corrected chi connectivity index (χ3v) is 5.96. The lowest BCUT2D eigenvalue weighted by molar-refractivity contribution is -0.274. The second-order valence-corrected chi connectivity index (χ2v) is 7.86. The molecule has 2 atom stereocenters. The van der Waals surface area contributed by atoms with Crippen molar-refractivity contribution in [3.8, 4) is 5.75 Å². The first-order chi connectivity index (χ1) is 14.0. The van der Waals surface area contributed by atoms with Crippen LogP contribution in [0.3, 0.4) is 0 Å². The fourth-order valence-corrected chi connectivity index (χ4v) is 4.36. The summed E-state index contributed by atoms with van der Waals surface area (Å²) >= 11 is 0. The van der Waals surface area contributed by atoms with Gasteiger partial charge in [-0.15, -0.1) is 13.2 Å². The SMILES string of the molecule is C[C@H]1CCC[C@H](C)C12NC(=O)N(CC(=O)NCc1ccccc1OC(F)(F)F)C2=O. The van der Waals surface area contributed by atoms with Gasteiger partial charge in [0.2, 0.25) is 5.91 Å². The van der Waals surface area contributed by atoms with E-state index in [0.29, 0.717) is 0 Å². The van der Waals surface area contributed by atoms with Gasteiger partial charge in [0, 0.05) is 12.1 Å². The normalized spacial score (nSPS) is 23.4. The number of alkyl halides is 3. The van der Waals surface area contributed by atoms with Crippen LogP contribution in [0.5, 0.6) is 5.75 Å². The van der Waals surface area contributed by atoms with Crippen LogP contribution in [0, 0.1) is 11.8 Å². The molecule has 0 unspecified atom stereocenters. The lowest BCUT2D eigenvalue weighted by atomic mass is 9.67. The van der Waals surface area contributed by atoms with Crippen molar-refractivity contribution in [2.75, 3.05) is 6.54 Å². The molecule has 7 nitrogen and oxygen atoms in total. The predicted molar refractivity (Wildman–Crippen MR) is 100 cm³/mol. The number of carbonyl (C=O) groups is 3. The van der Waals surface area contributed by atoms with E-state index in [1.54, 1.807) is 0 Å². The van der Waals surface area contributed by atoms with Crippen molar-refractivity contribution in [3.05, 3.63) is 29.8 Å². The lowest BCUT2D eigenvalue weighted by Gasteiger charge is -2.42. The second-order valence-electron chi connectivity index (χ2n) is 7.86. The van der Waals surface area contributed by atoms with Crippen molar-refractivity contribution >= 4 is 17.8 Å². The summed E-state index contributed by atoms with van der Waals surface area (Å²) in [4.78, 5) is 38.7. The molecule has 1 aromatic rings. The zero-order chi connectivity index (χ0) is 22.1. The van der Waals surface area contributed by atoms with Crippen molar-refractivity contribution in [2.24, 2.45) is 11.8 Å². The molecular weight excluding hydrogens is 403 g/mol. The number of halogens is 3. The maximum Gasteiger partial charge on any atom is 0.573 e. The highest BCUT2D eigenvalue weighted by atomic mass is 19.4. The van der Waals surface area contributed by atoms with E-state index in [0.717, 1.165) is 30.2 Å². The predicted octanol–water partition coefficient (Wildman–Crippen LogP) is 2.95. The van der Waals surface area contributed by atoms with E-state index in [2.05, 4.69) is 15.4 Å². The summed E-state index contributed by atoms with van der Waals surface area (Å²) in [5.74, 6) is -1.63. The number of carbonyl (C=O) groups excluding carboxylic acids is 3. The molecule has 1 aliphatic carbocycles. The molecule has 0 radical (unpaired) electrons. The molecule has 1 saturated heterocycles. The fraction of sp³-hybridized carbons (Fsp3) is 0.550. The Morgan fingerprint density at radius 2 is 1.87 bits per heavy atom. The molecule has 2 fully saturated rings. The van der Waals surface area contributed by atoms with Crippen molar-refractivity contribution < 1.29 is 32.3 Å². The van der Waals surface area contributed by atoms with E-state index in [-0.39, 0.29) is 23.9 Å². The fourth-order valence-electron chi connectivity index (χ4n) is 4.36. The highest BCUT2D eigenvalue weighted by molar-refractivity contribution is 6.09. The minimum atomic E-state index is -4.86. The number of hydrogen-bond donors (Lipinski definition) is 2. The van der Waals surface area contributed by atoms with Gasteiger partial charge >= 0.3 is 12.4 Å². The first-order valence-electron chi connectivity index (χ1n) is 9.79. The summed E-state index contributed by atoms with van der Waals surface area (Å²) in [6.45, 7) is 3.07. The van der Waals surface area contributed by atoms with E-state index in [1.807, 2.05) is 13.8 Å². The quantitative estimate of drug-likeness (QED) is 0.708. The average Bonchev–Trinajstić information content (AvgIpc) is 2.90. The Morgan fingerprint density at radius 1 is 1.23 bits per heavy atom. The molecule has 1 aromatic carbocycles. The molecule has 4 amide bonds.